The minimum absolute atomic E-state index is 0.0563. The molecule has 2 N–H and O–H groups in total. The summed E-state index contributed by atoms with van der Waals surface area (Å²) in [7, 11) is 0. The number of hydrogen-bond donors (Lipinski definition) is 2. The van der Waals surface area contributed by atoms with Crippen LogP contribution in [0.1, 0.15) is 26.3 Å². The van der Waals surface area contributed by atoms with E-state index in [9.17, 15) is 19.7 Å². The number of hydrogen-bond acceptors (Lipinski definition) is 5. The smallest absolute Gasteiger partial charge is 0.336 e. The van der Waals surface area contributed by atoms with Crippen molar-refractivity contribution in [3.63, 3.8) is 0 Å². The second kappa shape index (κ2) is 6.94. The monoisotopic (exact) mass is 313 g/mol. The summed E-state index contributed by atoms with van der Waals surface area (Å²) in [4.78, 5) is 32.8. The van der Waals surface area contributed by atoms with Gasteiger partial charge in [0.1, 0.15) is 0 Å². The molecular formula is C15H11N3O5. The third-order valence-corrected chi connectivity index (χ3v) is 2.90. The van der Waals surface area contributed by atoms with Crippen LogP contribution in [-0.4, -0.2) is 28.1 Å². The molecule has 0 fully saturated rings. The van der Waals surface area contributed by atoms with E-state index in [1.54, 1.807) is 18.2 Å². The van der Waals surface area contributed by atoms with Crippen molar-refractivity contribution >= 4 is 23.8 Å². The molecule has 0 aliphatic heterocycles. The van der Waals surface area contributed by atoms with Gasteiger partial charge in [-0.3, -0.25) is 14.9 Å². The molecule has 0 aliphatic carbocycles. The highest BCUT2D eigenvalue weighted by Gasteiger charge is 2.09. The van der Waals surface area contributed by atoms with Gasteiger partial charge in [0, 0.05) is 23.3 Å². The summed E-state index contributed by atoms with van der Waals surface area (Å²) in [5, 5.41) is 23.2. The molecule has 8 heteroatoms. The summed E-state index contributed by atoms with van der Waals surface area (Å²) in [5.41, 5.74) is 2.69. The first-order chi connectivity index (χ1) is 11.0. The average Bonchev–Trinajstić information content (AvgIpc) is 2.55. The van der Waals surface area contributed by atoms with Crippen molar-refractivity contribution in [2.24, 2.45) is 5.10 Å². The molecule has 0 radical (unpaired) electrons. The van der Waals surface area contributed by atoms with Crippen LogP contribution in [0.5, 0.6) is 0 Å². The molecule has 1 amide bonds. The Morgan fingerprint density at radius 1 is 1.13 bits per heavy atom. The molecule has 0 atom stereocenters. The van der Waals surface area contributed by atoms with E-state index >= 15 is 0 Å². The van der Waals surface area contributed by atoms with Crippen LogP contribution in [-0.2, 0) is 0 Å². The van der Waals surface area contributed by atoms with Gasteiger partial charge in [0.05, 0.1) is 16.7 Å². The number of benzene rings is 2. The minimum Gasteiger partial charge on any atom is -0.478 e. The lowest BCUT2D eigenvalue weighted by Crippen LogP contribution is -2.17. The number of aromatic carboxylic acids is 1. The fourth-order valence-corrected chi connectivity index (χ4v) is 1.76. The highest BCUT2D eigenvalue weighted by molar-refractivity contribution is 5.99. The maximum atomic E-state index is 11.8. The lowest BCUT2D eigenvalue weighted by atomic mass is 10.1. The molecule has 2 rings (SSSR count). The Morgan fingerprint density at radius 3 is 2.39 bits per heavy atom. The zero-order valence-corrected chi connectivity index (χ0v) is 11.7. The summed E-state index contributed by atoms with van der Waals surface area (Å²) in [6.07, 6.45) is 1.22. The van der Waals surface area contributed by atoms with E-state index in [0.29, 0.717) is 5.56 Å². The molecule has 116 valence electrons. The topological polar surface area (TPSA) is 122 Å². The quantitative estimate of drug-likeness (QED) is 0.497. The lowest BCUT2D eigenvalue weighted by Gasteiger charge is -2.01. The second-order valence-electron chi connectivity index (χ2n) is 4.40. The fourth-order valence-electron chi connectivity index (χ4n) is 1.76. The highest BCUT2D eigenvalue weighted by atomic mass is 16.6. The second-order valence-corrected chi connectivity index (χ2v) is 4.40. The van der Waals surface area contributed by atoms with E-state index in [0.717, 1.165) is 0 Å². The number of amides is 1. The van der Waals surface area contributed by atoms with Gasteiger partial charge in [0.25, 0.3) is 11.6 Å². The minimum atomic E-state index is -1.10. The molecule has 0 bridgehead atoms. The number of non-ortho nitro benzene ring substituents is 1. The summed E-state index contributed by atoms with van der Waals surface area (Å²) in [6.45, 7) is 0. The summed E-state index contributed by atoms with van der Waals surface area (Å²) in [5.74, 6) is -1.67. The number of rotatable bonds is 5. The number of carboxylic acid groups (broad SMARTS) is 1. The van der Waals surface area contributed by atoms with Crippen LogP contribution in [0.2, 0.25) is 0 Å². The summed E-state index contributed by atoms with van der Waals surface area (Å²) in [6, 6.07) is 11.2. The Kier molecular flexibility index (Phi) is 4.78. The molecule has 0 aliphatic rings. The van der Waals surface area contributed by atoms with E-state index < -0.39 is 16.8 Å². The molecule has 0 spiro atoms. The zero-order chi connectivity index (χ0) is 16.8. The lowest BCUT2D eigenvalue weighted by molar-refractivity contribution is -0.384. The van der Waals surface area contributed by atoms with Crippen LogP contribution in [0.4, 0.5) is 5.69 Å². The van der Waals surface area contributed by atoms with Crippen molar-refractivity contribution < 1.29 is 19.6 Å². The van der Waals surface area contributed by atoms with E-state index in [-0.39, 0.29) is 16.8 Å². The van der Waals surface area contributed by atoms with Crippen LogP contribution in [0, 0.1) is 10.1 Å². The largest absolute Gasteiger partial charge is 0.478 e. The molecule has 23 heavy (non-hydrogen) atoms. The normalized spacial score (nSPS) is 10.4. The van der Waals surface area contributed by atoms with Gasteiger partial charge in [0.15, 0.2) is 0 Å². The first-order valence-corrected chi connectivity index (χ1v) is 6.39. The van der Waals surface area contributed by atoms with E-state index in [1.807, 2.05) is 0 Å². The molecule has 0 saturated carbocycles. The third-order valence-electron chi connectivity index (χ3n) is 2.90. The highest BCUT2D eigenvalue weighted by Crippen LogP contribution is 2.11. The number of carbonyl (C=O) groups is 2. The Hall–Kier alpha value is -3.55. The van der Waals surface area contributed by atoms with Gasteiger partial charge in [-0.25, -0.2) is 10.2 Å². The van der Waals surface area contributed by atoms with Crippen LogP contribution in [0.25, 0.3) is 0 Å². The van der Waals surface area contributed by atoms with E-state index in [1.165, 1.54) is 36.5 Å². The van der Waals surface area contributed by atoms with Crippen molar-refractivity contribution in [1.29, 1.82) is 0 Å². The predicted octanol–water partition coefficient (Wildman–Crippen LogP) is 2.06. The number of carboxylic acids is 1. The molecule has 2 aromatic rings. The number of nitrogens with one attached hydrogen (secondary N) is 1. The Balaban J connectivity index is 2.07. The molecular weight excluding hydrogens is 302 g/mol. The summed E-state index contributed by atoms with van der Waals surface area (Å²) < 4.78 is 0. The number of hydrazone groups is 1. The Labute approximate surface area is 130 Å². The van der Waals surface area contributed by atoms with Gasteiger partial charge in [-0.2, -0.15) is 5.10 Å². The number of nitro groups is 1. The standard InChI is InChI=1S/C15H11N3O5/c19-14(10-5-7-12(8-6-10)18(22)23)17-16-9-11-3-1-2-4-13(11)15(20)21/h1-9H,(H,17,19)(H,20,21)/b16-9+. The molecule has 2 aromatic carbocycles. The van der Waals surface area contributed by atoms with Crippen LogP contribution in [0.3, 0.4) is 0 Å². The van der Waals surface area contributed by atoms with Crippen molar-refractivity contribution in [3.8, 4) is 0 Å². The van der Waals surface area contributed by atoms with Gasteiger partial charge in [-0.05, 0) is 18.2 Å². The summed E-state index contributed by atoms with van der Waals surface area (Å²) >= 11 is 0. The average molecular weight is 313 g/mol. The first-order valence-electron chi connectivity index (χ1n) is 6.39. The van der Waals surface area contributed by atoms with Crippen LogP contribution in [0.15, 0.2) is 53.6 Å². The van der Waals surface area contributed by atoms with Gasteiger partial charge >= 0.3 is 5.97 Å². The first kappa shape index (κ1) is 15.8. The Bertz CT molecular complexity index is 784. The van der Waals surface area contributed by atoms with Crippen molar-refractivity contribution in [1.82, 2.24) is 5.43 Å². The van der Waals surface area contributed by atoms with E-state index in [4.69, 9.17) is 5.11 Å². The third kappa shape index (κ3) is 3.97. The SMILES string of the molecule is O=C(N/N=C/c1ccccc1C(=O)O)c1ccc([N+](=O)[O-])cc1. The van der Waals surface area contributed by atoms with Gasteiger partial charge in [-0.15, -0.1) is 0 Å². The Morgan fingerprint density at radius 2 is 1.78 bits per heavy atom. The number of nitro benzene ring substituents is 1. The van der Waals surface area contributed by atoms with Crippen LogP contribution < -0.4 is 5.43 Å². The molecule has 0 unspecified atom stereocenters. The van der Waals surface area contributed by atoms with Crippen molar-refractivity contribution in [3.05, 3.63) is 75.3 Å². The van der Waals surface area contributed by atoms with Crippen molar-refractivity contribution in [2.75, 3.05) is 0 Å². The predicted molar refractivity (Wildman–Crippen MR) is 81.6 cm³/mol. The van der Waals surface area contributed by atoms with E-state index in [2.05, 4.69) is 10.5 Å². The van der Waals surface area contributed by atoms with Gasteiger partial charge in [0.2, 0.25) is 0 Å². The van der Waals surface area contributed by atoms with Crippen LogP contribution >= 0.6 is 0 Å². The number of nitrogens with zero attached hydrogens (tertiary/aromatic N) is 2. The van der Waals surface area contributed by atoms with Crippen molar-refractivity contribution in [2.45, 2.75) is 0 Å². The maximum absolute atomic E-state index is 11.8. The molecule has 8 nitrogen and oxygen atoms in total. The zero-order valence-electron chi connectivity index (χ0n) is 11.7. The fraction of sp³-hybridized carbons (Fsp3) is 0. The maximum Gasteiger partial charge on any atom is 0.336 e. The van der Waals surface area contributed by atoms with Gasteiger partial charge in [-0.1, -0.05) is 18.2 Å². The number of carbonyl (C=O) groups excluding carboxylic acids is 1. The van der Waals surface area contributed by atoms with Gasteiger partial charge < -0.3 is 5.11 Å². The molecule has 0 heterocycles. The molecule has 0 aromatic heterocycles. The molecule has 0 saturated heterocycles.